The van der Waals surface area contributed by atoms with Crippen LogP contribution in [0.3, 0.4) is 0 Å². The molecule has 1 saturated carbocycles. The predicted molar refractivity (Wildman–Crippen MR) is 75.2 cm³/mol. The van der Waals surface area contributed by atoms with E-state index in [9.17, 15) is 0 Å². The summed E-state index contributed by atoms with van der Waals surface area (Å²) in [6.45, 7) is 0. The van der Waals surface area contributed by atoms with Gasteiger partial charge in [0.15, 0.2) is 5.82 Å². The highest BCUT2D eigenvalue weighted by Gasteiger charge is 2.20. The Morgan fingerprint density at radius 1 is 1.15 bits per heavy atom. The first-order valence-corrected chi connectivity index (χ1v) is 6.79. The molecule has 0 unspecified atom stereocenters. The van der Waals surface area contributed by atoms with Crippen LogP contribution in [-0.2, 0) is 0 Å². The van der Waals surface area contributed by atoms with Gasteiger partial charge in [0.25, 0.3) is 0 Å². The second-order valence-electron chi connectivity index (χ2n) is 4.98. The average molecular weight is 271 g/mol. The highest BCUT2D eigenvalue weighted by Crippen LogP contribution is 2.34. The molecule has 2 aromatic heterocycles. The molecule has 1 aliphatic rings. The van der Waals surface area contributed by atoms with Crippen LogP contribution in [0.4, 0.5) is 5.82 Å². The zero-order valence-electron chi connectivity index (χ0n) is 11.4. The van der Waals surface area contributed by atoms with E-state index in [0.29, 0.717) is 29.1 Å². The maximum atomic E-state index is 5.90. The minimum absolute atomic E-state index is 0.466. The molecule has 3 rings (SSSR count). The number of hydrogen-bond donors (Lipinski definition) is 1. The van der Waals surface area contributed by atoms with Crippen LogP contribution in [0.25, 0.3) is 11.5 Å². The van der Waals surface area contributed by atoms with Crippen molar-refractivity contribution in [3.63, 3.8) is 0 Å². The molecule has 0 atom stereocenters. The van der Waals surface area contributed by atoms with Crippen molar-refractivity contribution in [2.45, 2.75) is 31.6 Å². The lowest BCUT2D eigenvalue weighted by Crippen LogP contribution is -2.04. The van der Waals surface area contributed by atoms with Crippen LogP contribution in [0.2, 0.25) is 0 Å². The Morgan fingerprint density at radius 3 is 2.60 bits per heavy atom. The average Bonchev–Trinajstić information content (AvgIpc) is 3.01. The van der Waals surface area contributed by atoms with Crippen LogP contribution in [0.1, 0.15) is 37.3 Å². The third-order valence-corrected chi connectivity index (χ3v) is 3.62. The summed E-state index contributed by atoms with van der Waals surface area (Å²) in [5.74, 6) is 1.97. The standard InChI is InChI=1S/C14H17N5O/c1-20-13-7-6-10(18-19-13)14-16-11(8-12(15)17-14)9-4-2-3-5-9/h6-9H,2-5H2,1H3,(H2,15,16,17). The largest absolute Gasteiger partial charge is 0.480 e. The van der Waals surface area contributed by atoms with E-state index >= 15 is 0 Å². The van der Waals surface area contributed by atoms with Crippen LogP contribution in [0, 0.1) is 0 Å². The highest BCUT2D eigenvalue weighted by atomic mass is 16.5. The summed E-state index contributed by atoms with van der Waals surface area (Å²) in [7, 11) is 1.55. The minimum Gasteiger partial charge on any atom is -0.480 e. The van der Waals surface area contributed by atoms with E-state index < -0.39 is 0 Å². The van der Waals surface area contributed by atoms with Crippen molar-refractivity contribution >= 4 is 5.82 Å². The van der Waals surface area contributed by atoms with Gasteiger partial charge in [0.2, 0.25) is 5.88 Å². The number of anilines is 1. The SMILES string of the molecule is COc1ccc(-c2nc(N)cc(C3CCCC3)n2)nn1. The fourth-order valence-electron chi connectivity index (χ4n) is 2.58. The Kier molecular flexibility index (Phi) is 3.45. The molecule has 1 aliphatic carbocycles. The van der Waals surface area contributed by atoms with Crippen LogP contribution in [0.5, 0.6) is 5.88 Å². The Morgan fingerprint density at radius 2 is 1.95 bits per heavy atom. The van der Waals surface area contributed by atoms with Crippen LogP contribution >= 0.6 is 0 Å². The molecule has 0 bridgehead atoms. The van der Waals surface area contributed by atoms with Crippen LogP contribution in [-0.4, -0.2) is 27.3 Å². The monoisotopic (exact) mass is 271 g/mol. The summed E-state index contributed by atoms with van der Waals surface area (Å²) < 4.78 is 4.99. The molecular formula is C14H17N5O. The Hall–Kier alpha value is -2.24. The van der Waals surface area contributed by atoms with Crippen molar-refractivity contribution in [2.24, 2.45) is 0 Å². The fraction of sp³-hybridized carbons (Fsp3) is 0.429. The molecule has 0 radical (unpaired) electrons. The molecule has 0 aromatic carbocycles. The van der Waals surface area contributed by atoms with Crippen LogP contribution in [0.15, 0.2) is 18.2 Å². The topological polar surface area (TPSA) is 86.8 Å². The number of hydrogen-bond acceptors (Lipinski definition) is 6. The quantitative estimate of drug-likeness (QED) is 0.920. The van der Waals surface area contributed by atoms with Crippen molar-refractivity contribution in [3.8, 4) is 17.4 Å². The van der Waals surface area contributed by atoms with Gasteiger partial charge in [-0.2, -0.15) is 0 Å². The molecule has 6 nitrogen and oxygen atoms in total. The predicted octanol–water partition coefficient (Wildman–Crippen LogP) is 2.18. The van der Waals surface area contributed by atoms with E-state index in [0.717, 1.165) is 5.69 Å². The zero-order chi connectivity index (χ0) is 13.9. The van der Waals surface area contributed by atoms with Crippen molar-refractivity contribution in [1.82, 2.24) is 20.2 Å². The molecule has 20 heavy (non-hydrogen) atoms. The lowest BCUT2D eigenvalue weighted by molar-refractivity contribution is 0.392. The molecule has 104 valence electrons. The molecule has 0 amide bonds. The van der Waals surface area contributed by atoms with Crippen LogP contribution < -0.4 is 10.5 Å². The second-order valence-corrected chi connectivity index (χ2v) is 4.98. The van der Waals surface area contributed by atoms with Gasteiger partial charge in [0.05, 0.1) is 7.11 Å². The van der Waals surface area contributed by atoms with Gasteiger partial charge in [-0.3, -0.25) is 0 Å². The number of methoxy groups -OCH3 is 1. The molecule has 0 aliphatic heterocycles. The lowest BCUT2D eigenvalue weighted by Gasteiger charge is -2.10. The van der Waals surface area contributed by atoms with Gasteiger partial charge in [-0.25, -0.2) is 9.97 Å². The van der Waals surface area contributed by atoms with E-state index in [1.54, 1.807) is 19.2 Å². The van der Waals surface area contributed by atoms with Gasteiger partial charge in [-0.05, 0) is 18.9 Å². The number of aromatic nitrogens is 4. The third-order valence-electron chi connectivity index (χ3n) is 3.62. The van der Waals surface area contributed by atoms with E-state index in [4.69, 9.17) is 10.5 Å². The molecule has 2 heterocycles. The Balaban J connectivity index is 1.95. The van der Waals surface area contributed by atoms with E-state index in [1.165, 1.54) is 25.7 Å². The van der Waals surface area contributed by atoms with Crippen molar-refractivity contribution in [1.29, 1.82) is 0 Å². The maximum Gasteiger partial charge on any atom is 0.233 e. The summed E-state index contributed by atoms with van der Waals surface area (Å²) in [6.07, 6.45) is 4.85. The van der Waals surface area contributed by atoms with Gasteiger partial charge in [0, 0.05) is 23.7 Å². The number of nitrogen functional groups attached to an aromatic ring is 1. The highest BCUT2D eigenvalue weighted by molar-refractivity contribution is 5.52. The normalized spacial score (nSPS) is 15.4. The number of nitrogens with zero attached hydrogens (tertiary/aromatic N) is 4. The molecule has 0 spiro atoms. The summed E-state index contributed by atoms with van der Waals surface area (Å²) >= 11 is 0. The summed E-state index contributed by atoms with van der Waals surface area (Å²) in [6, 6.07) is 5.40. The van der Waals surface area contributed by atoms with Gasteiger partial charge in [0.1, 0.15) is 11.5 Å². The van der Waals surface area contributed by atoms with Gasteiger partial charge in [-0.15, -0.1) is 10.2 Å². The van der Waals surface area contributed by atoms with Crippen molar-refractivity contribution in [2.75, 3.05) is 12.8 Å². The molecule has 1 fully saturated rings. The Labute approximate surface area is 117 Å². The van der Waals surface area contributed by atoms with Gasteiger partial charge in [-0.1, -0.05) is 12.8 Å². The maximum absolute atomic E-state index is 5.90. The smallest absolute Gasteiger partial charge is 0.233 e. The summed E-state index contributed by atoms with van der Waals surface area (Å²) in [5.41, 5.74) is 7.52. The van der Waals surface area contributed by atoms with E-state index in [1.807, 2.05) is 6.07 Å². The third kappa shape index (κ3) is 2.54. The van der Waals surface area contributed by atoms with Crippen molar-refractivity contribution < 1.29 is 4.74 Å². The van der Waals surface area contributed by atoms with Crippen molar-refractivity contribution in [3.05, 3.63) is 23.9 Å². The van der Waals surface area contributed by atoms with E-state index in [-0.39, 0.29) is 0 Å². The lowest BCUT2D eigenvalue weighted by atomic mass is 10.0. The summed E-state index contributed by atoms with van der Waals surface area (Å²) in [5, 5.41) is 8.01. The number of rotatable bonds is 3. The number of nitrogens with two attached hydrogens (primary N) is 1. The van der Waals surface area contributed by atoms with Gasteiger partial charge >= 0.3 is 0 Å². The fourth-order valence-corrected chi connectivity index (χ4v) is 2.58. The molecular weight excluding hydrogens is 254 g/mol. The van der Waals surface area contributed by atoms with Gasteiger partial charge < -0.3 is 10.5 Å². The first-order valence-electron chi connectivity index (χ1n) is 6.79. The summed E-state index contributed by atoms with van der Waals surface area (Å²) in [4.78, 5) is 8.86. The molecule has 6 heteroatoms. The second kappa shape index (κ2) is 5.40. The molecule has 0 saturated heterocycles. The Bertz CT molecular complexity index is 593. The zero-order valence-corrected chi connectivity index (χ0v) is 11.4. The first-order chi connectivity index (χ1) is 9.76. The first kappa shape index (κ1) is 12.8. The van der Waals surface area contributed by atoms with E-state index in [2.05, 4.69) is 20.2 Å². The molecule has 2 aromatic rings. The molecule has 2 N–H and O–H groups in total. The minimum atomic E-state index is 0.466. The number of ether oxygens (including phenoxy) is 1.